The zero-order valence-corrected chi connectivity index (χ0v) is 17.0. The first-order valence-corrected chi connectivity index (χ1v) is 10.3. The van der Waals surface area contributed by atoms with E-state index < -0.39 is 18.0 Å². The summed E-state index contributed by atoms with van der Waals surface area (Å²) in [5, 5.41) is 8.81. The van der Waals surface area contributed by atoms with E-state index in [1.54, 1.807) is 23.1 Å². The number of nitrogens with zero attached hydrogens (tertiary/aromatic N) is 1. The highest BCUT2D eigenvalue weighted by Crippen LogP contribution is 2.27. The number of benzene rings is 1. The number of anilines is 1. The van der Waals surface area contributed by atoms with Crippen molar-refractivity contribution >= 4 is 46.7 Å². The van der Waals surface area contributed by atoms with Crippen molar-refractivity contribution in [3.05, 3.63) is 28.2 Å². The number of rotatable bonds is 5. The molecule has 1 aromatic carbocycles. The topological polar surface area (TPSA) is 90.5 Å². The van der Waals surface area contributed by atoms with Gasteiger partial charge < -0.3 is 10.6 Å². The number of urea groups is 1. The SMILES string of the molecule is O=C(CN1CCC[C@@H]1C(=O)Nc1cc(Cl)ccc1Cl)NC(=O)NC1CCCC1. The minimum absolute atomic E-state index is 0.0144. The lowest BCUT2D eigenvalue weighted by Crippen LogP contribution is -2.49. The molecule has 4 amide bonds. The van der Waals surface area contributed by atoms with Crippen molar-refractivity contribution in [2.24, 2.45) is 0 Å². The Balaban J connectivity index is 1.51. The first kappa shape index (κ1) is 20.9. The molecule has 0 radical (unpaired) electrons. The molecule has 1 saturated carbocycles. The minimum atomic E-state index is -0.470. The van der Waals surface area contributed by atoms with Gasteiger partial charge in [-0.2, -0.15) is 0 Å². The first-order chi connectivity index (χ1) is 13.4. The van der Waals surface area contributed by atoms with Gasteiger partial charge in [0.25, 0.3) is 0 Å². The molecule has 0 bridgehead atoms. The average molecular weight is 427 g/mol. The smallest absolute Gasteiger partial charge is 0.321 e. The fourth-order valence-electron chi connectivity index (χ4n) is 3.76. The van der Waals surface area contributed by atoms with Crippen LogP contribution in [0.15, 0.2) is 18.2 Å². The van der Waals surface area contributed by atoms with E-state index in [0.29, 0.717) is 28.7 Å². The normalized spacial score (nSPS) is 20.1. The van der Waals surface area contributed by atoms with Gasteiger partial charge in [0.2, 0.25) is 11.8 Å². The van der Waals surface area contributed by atoms with Gasteiger partial charge in [-0.05, 0) is 50.4 Å². The lowest BCUT2D eigenvalue weighted by Gasteiger charge is -2.23. The van der Waals surface area contributed by atoms with Crippen molar-refractivity contribution in [3.8, 4) is 0 Å². The summed E-state index contributed by atoms with van der Waals surface area (Å²) in [4.78, 5) is 38.6. The van der Waals surface area contributed by atoms with Crippen LogP contribution in [0.3, 0.4) is 0 Å². The van der Waals surface area contributed by atoms with Gasteiger partial charge in [-0.15, -0.1) is 0 Å². The molecule has 152 valence electrons. The predicted molar refractivity (Wildman–Crippen MR) is 109 cm³/mol. The van der Waals surface area contributed by atoms with E-state index in [1.807, 2.05) is 0 Å². The molecule has 3 rings (SSSR count). The Morgan fingerprint density at radius 2 is 1.82 bits per heavy atom. The quantitative estimate of drug-likeness (QED) is 0.674. The largest absolute Gasteiger partial charge is 0.335 e. The molecule has 0 aromatic heterocycles. The third-order valence-corrected chi connectivity index (χ3v) is 5.71. The number of hydrogen-bond donors (Lipinski definition) is 3. The van der Waals surface area contributed by atoms with Crippen molar-refractivity contribution in [1.29, 1.82) is 0 Å². The summed E-state index contributed by atoms with van der Waals surface area (Å²) in [6.45, 7) is 0.596. The molecular formula is C19H24Cl2N4O3. The van der Waals surface area contributed by atoms with Gasteiger partial charge in [0.05, 0.1) is 23.3 Å². The van der Waals surface area contributed by atoms with E-state index in [4.69, 9.17) is 23.2 Å². The van der Waals surface area contributed by atoms with Crippen LogP contribution >= 0.6 is 23.2 Å². The van der Waals surface area contributed by atoms with Crippen molar-refractivity contribution in [3.63, 3.8) is 0 Å². The van der Waals surface area contributed by atoms with Crippen molar-refractivity contribution in [2.45, 2.75) is 50.6 Å². The maximum atomic E-state index is 12.7. The summed E-state index contributed by atoms with van der Waals surface area (Å²) < 4.78 is 0. The number of carbonyl (C=O) groups is 3. The molecule has 1 aliphatic heterocycles. The summed E-state index contributed by atoms with van der Waals surface area (Å²) in [7, 11) is 0. The Labute approximate surface area is 174 Å². The summed E-state index contributed by atoms with van der Waals surface area (Å²) in [6.07, 6.45) is 5.51. The molecule has 1 heterocycles. The molecule has 7 nitrogen and oxygen atoms in total. The number of carbonyl (C=O) groups excluding carboxylic acids is 3. The van der Waals surface area contributed by atoms with Crippen LogP contribution in [-0.4, -0.2) is 47.9 Å². The second-order valence-electron chi connectivity index (χ2n) is 7.24. The third kappa shape index (κ3) is 5.59. The Hall–Kier alpha value is -1.83. The van der Waals surface area contributed by atoms with E-state index in [0.717, 1.165) is 32.1 Å². The molecule has 28 heavy (non-hydrogen) atoms. The first-order valence-electron chi connectivity index (χ1n) is 9.52. The highest BCUT2D eigenvalue weighted by molar-refractivity contribution is 6.35. The summed E-state index contributed by atoms with van der Waals surface area (Å²) in [5.74, 6) is -0.666. The van der Waals surface area contributed by atoms with Gasteiger partial charge in [-0.3, -0.25) is 19.8 Å². The summed E-state index contributed by atoms with van der Waals surface area (Å²) in [5.41, 5.74) is 0.436. The molecule has 0 spiro atoms. The maximum Gasteiger partial charge on any atom is 0.321 e. The number of amides is 4. The maximum absolute atomic E-state index is 12.7. The lowest BCUT2D eigenvalue weighted by atomic mass is 10.2. The molecule has 3 N–H and O–H groups in total. The summed E-state index contributed by atoms with van der Waals surface area (Å²) in [6, 6.07) is 4.05. The zero-order valence-electron chi connectivity index (χ0n) is 15.5. The van der Waals surface area contributed by atoms with Crippen LogP contribution in [0.25, 0.3) is 0 Å². The molecule has 2 fully saturated rings. The van der Waals surface area contributed by atoms with Gasteiger partial charge in [0.1, 0.15) is 0 Å². The van der Waals surface area contributed by atoms with Gasteiger partial charge in [0, 0.05) is 11.1 Å². The molecule has 1 aliphatic carbocycles. The molecular weight excluding hydrogens is 403 g/mol. The number of nitrogens with one attached hydrogen (secondary N) is 3. The van der Waals surface area contributed by atoms with E-state index in [-0.39, 0.29) is 18.5 Å². The van der Waals surface area contributed by atoms with E-state index >= 15 is 0 Å². The van der Waals surface area contributed by atoms with Gasteiger partial charge in [0.15, 0.2) is 0 Å². The molecule has 1 atom stereocenters. The van der Waals surface area contributed by atoms with Crippen LogP contribution in [0.1, 0.15) is 38.5 Å². The Morgan fingerprint density at radius 3 is 2.57 bits per heavy atom. The fourth-order valence-corrected chi connectivity index (χ4v) is 4.10. The minimum Gasteiger partial charge on any atom is -0.335 e. The molecule has 1 aromatic rings. The number of halogens is 2. The van der Waals surface area contributed by atoms with Crippen LogP contribution in [0.4, 0.5) is 10.5 Å². The second kappa shape index (κ2) is 9.58. The zero-order chi connectivity index (χ0) is 20.1. The number of likely N-dealkylation sites (tertiary alicyclic amines) is 1. The van der Waals surface area contributed by atoms with Gasteiger partial charge in [-0.1, -0.05) is 36.0 Å². The van der Waals surface area contributed by atoms with Crippen LogP contribution in [-0.2, 0) is 9.59 Å². The Kier molecular flexibility index (Phi) is 7.15. The van der Waals surface area contributed by atoms with E-state index in [2.05, 4.69) is 16.0 Å². The molecule has 0 unspecified atom stereocenters. The van der Waals surface area contributed by atoms with Crippen LogP contribution in [0, 0.1) is 0 Å². The van der Waals surface area contributed by atoms with E-state index in [1.165, 1.54) is 0 Å². The molecule has 2 aliphatic rings. The van der Waals surface area contributed by atoms with Crippen LogP contribution in [0.2, 0.25) is 10.0 Å². The van der Waals surface area contributed by atoms with Gasteiger partial charge >= 0.3 is 6.03 Å². The van der Waals surface area contributed by atoms with Crippen molar-refractivity contribution in [2.75, 3.05) is 18.4 Å². The highest BCUT2D eigenvalue weighted by atomic mass is 35.5. The summed E-state index contributed by atoms with van der Waals surface area (Å²) >= 11 is 12.1. The van der Waals surface area contributed by atoms with Gasteiger partial charge in [-0.25, -0.2) is 4.79 Å². The van der Waals surface area contributed by atoms with Crippen LogP contribution in [0.5, 0.6) is 0 Å². The molecule has 1 saturated heterocycles. The van der Waals surface area contributed by atoms with Crippen molar-refractivity contribution < 1.29 is 14.4 Å². The van der Waals surface area contributed by atoms with Crippen molar-refractivity contribution in [1.82, 2.24) is 15.5 Å². The highest BCUT2D eigenvalue weighted by Gasteiger charge is 2.32. The standard InChI is InChI=1S/C19H24Cl2N4O3/c20-12-7-8-14(21)15(10-12)23-18(27)16-6-3-9-25(16)11-17(26)24-19(28)22-13-4-1-2-5-13/h7-8,10,13,16H,1-6,9,11H2,(H,23,27)(H2,22,24,26,28)/t16-/m1/s1. The lowest BCUT2D eigenvalue weighted by molar-refractivity contribution is -0.124. The predicted octanol–water partition coefficient (Wildman–Crippen LogP) is 3.16. The Morgan fingerprint density at radius 1 is 1.07 bits per heavy atom. The third-order valence-electron chi connectivity index (χ3n) is 5.14. The monoisotopic (exact) mass is 426 g/mol. The number of hydrogen-bond acceptors (Lipinski definition) is 4. The Bertz CT molecular complexity index is 753. The van der Waals surface area contributed by atoms with E-state index in [9.17, 15) is 14.4 Å². The fraction of sp³-hybridized carbons (Fsp3) is 0.526. The second-order valence-corrected chi connectivity index (χ2v) is 8.09. The van der Waals surface area contributed by atoms with Crippen LogP contribution < -0.4 is 16.0 Å². The number of imide groups is 1. The average Bonchev–Trinajstić information content (AvgIpc) is 3.29. The molecule has 9 heteroatoms.